The number of thiazole rings is 1. The van der Waals surface area contributed by atoms with Crippen molar-refractivity contribution >= 4 is 76.3 Å². The van der Waals surface area contributed by atoms with Gasteiger partial charge in [0.1, 0.15) is 16.7 Å². The van der Waals surface area contributed by atoms with Crippen molar-refractivity contribution in [1.82, 2.24) is 4.98 Å². The lowest BCUT2D eigenvalue weighted by Gasteiger charge is -2.49. The van der Waals surface area contributed by atoms with Crippen molar-refractivity contribution in [2.75, 3.05) is 18.0 Å². The van der Waals surface area contributed by atoms with Gasteiger partial charge >= 0.3 is 5.97 Å². The van der Waals surface area contributed by atoms with Gasteiger partial charge in [-0.15, -0.1) is 11.3 Å². The van der Waals surface area contributed by atoms with E-state index < -0.39 is 0 Å². The van der Waals surface area contributed by atoms with Crippen molar-refractivity contribution in [3.63, 3.8) is 0 Å². The highest BCUT2D eigenvalue weighted by atomic mass is 32.1. The molecule has 5 heteroatoms. The molecule has 0 aliphatic carbocycles. The Hall–Kier alpha value is -7.60. The van der Waals surface area contributed by atoms with Crippen LogP contribution in [0.2, 0.25) is 0 Å². The summed E-state index contributed by atoms with van der Waals surface area (Å²) in [6.45, 7) is 11.5. The summed E-state index contributed by atoms with van der Waals surface area (Å²) < 4.78 is 7.29. The number of carbonyl (C=O) groups excluding carboxylic acids is 1. The molecule has 4 nitrogen and oxygen atoms in total. The summed E-state index contributed by atoms with van der Waals surface area (Å²) in [5, 5.41) is 11.0. The van der Waals surface area contributed by atoms with Gasteiger partial charge in [0.25, 0.3) is 0 Å². The molecule has 1 unspecified atom stereocenters. The molecular formula is C67H58N2O2S. The number of hydrogen-bond donors (Lipinski definition) is 0. The highest BCUT2D eigenvalue weighted by Crippen LogP contribution is 2.55. The third-order valence-electron chi connectivity index (χ3n) is 15.8. The van der Waals surface area contributed by atoms with E-state index in [4.69, 9.17) is 9.72 Å². The molecule has 1 atom stereocenters. The summed E-state index contributed by atoms with van der Waals surface area (Å²) in [5.74, 6) is 0.337. The molecule has 0 radical (unpaired) electrons. The fraction of sp³-hybridized carbons (Fsp3) is 0.194. The molecule has 3 aliphatic rings. The van der Waals surface area contributed by atoms with Crippen LogP contribution in [0.5, 0.6) is 5.75 Å². The average Bonchev–Trinajstić information content (AvgIpc) is 3.83. The second kappa shape index (κ2) is 17.6. The molecule has 0 N–H and O–H groups in total. The summed E-state index contributed by atoms with van der Waals surface area (Å²) >= 11 is 1.61. The third kappa shape index (κ3) is 7.65. The Kier molecular flexibility index (Phi) is 11.1. The van der Waals surface area contributed by atoms with E-state index in [1.54, 1.807) is 11.3 Å². The van der Waals surface area contributed by atoms with E-state index in [1.807, 2.05) is 18.2 Å². The van der Waals surface area contributed by atoms with Crippen molar-refractivity contribution in [1.29, 1.82) is 0 Å². The zero-order valence-corrected chi connectivity index (χ0v) is 41.4. The standard InChI is InChI=1S/C40H26.C26H28N2O2S.CH4/c1-2-12-29(13-3-1)39-35-16-8-9-17-36(35)40(34-21-19-28-11-5-7-15-31(28)25-34)37-23-22-33(26-38(37)39)32-20-18-27-10-4-6-14-30(27)24-32;1-25(2)9-11-28-12-10-26(3,4)20-21(28)17(25)14-15-13-16(24(29)30-22(15)20)23-27-18-7-5-6-8-19(18)31-23;/h1-26H;5-8,14,16H,9-13H2,1-4H3;1H4. The van der Waals surface area contributed by atoms with Gasteiger partial charge < -0.3 is 9.64 Å². The summed E-state index contributed by atoms with van der Waals surface area (Å²) in [5.41, 5.74) is 13.8. The second-order valence-corrected chi connectivity index (χ2v) is 22.2. The number of esters is 1. The van der Waals surface area contributed by atoms with Crippen LogP contribution in [0, 0.1) is 0 Å². The molecule has 3 aliphatic heterocycles. The summed E-state index contributed by atoms with van der Waals surface area (Å²) in [6.07, 6.45) is 2.90. The number of benzene rings is 10. The SMILES string of the molecule is C.CC1(C)CCN2CCC(C)(C)c3c4c(cc1c32)CC(c1nc2ccccc2s1)C(=O)O4.c1ccc(-c2c3ccccc3c(-c3ccc4ccccc4c3)c3ccc(-c4ccc5ccccc5c4)cc23)cc1. The number of fused-ring (bicyclic) bond motifs is 7. The van der Waals surface area contributed by atoms with Gasteiger partial charge in [-0.2, -0.15) is 0 Å². The minimum absolute atomic E-state index is 0. The molecule has 1 aromatic heterocycles. The van der Waals surface area contributed by atoms with Crippen LogP contribution >= 0.6 is 11.3 Å². The quantitative estimate of drug-likeness (QED) is 0.100. The fourth-order valence-electron chi connectivity index (χ4n) is 11.9. The zero-order valence-electron chi connectivity index (χ0n) is 40.6. The van der Waals surface area contributed by atoms with Crippen LogP contribution in [0.15, 0.2) is 188 Å². The van der Waals surface area contributed by atoms with Gasteiger partial charge in [0.05, 0.1) is 10.2 Å². The molecule has 0 bridgehead atoms. The van der Waals surface area contributed by atoms with Crippen molar-refractivity contribution in [2.45, 2.75) is 71.1 Å². The summed E-state index contributed by atoms with van der Waals surface area (Å²) in [6, 6.07) is 68.1. The van der Waals surface area contributed by atoms with Crippen LogP contribution in [-0.4, -0.2) is 24.0 Å². The molecule has 0 fully saturated rings. The third-order valence-corrected chi connectivity index (χ3v) is 16.9. The molecule has 10 aromatic carbocycles. The lowest BCUT2D eigenvalue weighted by Crippen LogP contribution is -2.45. The Morgan fingerprint density at radius 1 is 0.542 bits per heavy atom. The number of rotatable bonds is 4. The van der Waals surface area contributed by atoms with Crippen LogP contribution in [0.3, 0.4) is 0 Å². The first-order chi connectivity index (χ1) is 34.6. The van der Waals surface area contributed by atoms with E-state index in [1.165, 1.54) is 98.8 Å². The maximum absolute atomic E-state index is 13.2. The van der Waals surface area contributed by atoms with Crippen LogP contribution in [-0.2, 0) is 22.0 Å². The molecule has 0 saturated heterocycles. The predicted molar refractivity (Wildman–Crippen MR) is 305 cm³/mol. The topological polar surface area (TPSA) is 42.4 Å². The van der Waals surface area contributed by atoms with Crippen LogP contribution in [0.25, 0.3) is 86.7 Å². The second-order valence-electron chi connectivity index (χ2n) is 21.1. The Labute approximate surface area is 426 Å². The Morgan fingerprint density at radius 2 is 1.10 bits per heavy atom. The number of hydrogen-bond acceptors (Lipinski definition) is 5. The molecule has 0 amide bonds. The molecular weight excluding hydrogens is 897 g/mol. The maximum atomic E-state index is 13.2. The monoisotopic (exact) mass is 954 g/mol. The van der Waals surface area contributed by atoms with E-state index in [0.29, 0.717) is 6.42 Å². The molecule has 11 aromatic rings. The number of carbonyl (C=O) groups is 1. The maximum Gasteiger partial charge on any atom is 0.321 e. The molecule has 0 saturated carbocycles. The Balaban J connectivity index is 0.000000150. The van der Waals surface area contributed by atoms with Gasteiger partial charge in [-0.25, -0.2) is 4.98 Å². The van der Waals surface area contributed by atoms with E-state index in [-0.39, 0.29) is 30.1 Å². The lowest BCUT2D eigenvalue weighted by molar-refractivity contribution is -0.137. The number of aromatic nitrogens is 1. The Morgan fingerprint density at radius 3 is 1.81 bits per heavy atom. The zero-order chi connectivity index (χ0) is 48.0. The van der Waals surface area contributed by atoms with Gasteiger partial charge in [0.2, 0.25) is 0 Å². The first-order valence-corrected chi connectivity index (χ1v) is 25.9. The smallest absolute Gasteiger partial charge is 0.321 e. The largest absolute Gasteiger partial charge is 0.425 e. The summed E-state index contributed by atoms with van der Waals surface area (Å²) in [4.78, 5) is 20.5. The van der Waals surface area contributed by atoms with Crippen molar-refractivity contribution in [3.8, 4) is 39.1 Å². The van der Waals surface area contributed by atoms with Crippen molar-refractivity contribution in [3.05, 3.63) is 210 Å². The normalized spacial score (nSPS) is 16.4. The van der Waals surface area contributed by atoms with Gasteiger partial charge in [-0.05, 0) is 154 Å². The Bertz CT molecular complexity index is 3910. The van der Waals surface area contributed by atoms with Crippen LogP contribution < -0.4 is 9.64 Å². The highest BCUT2D eigenvalue weighted by molar-refractivity contribution is 7.18. The summed E-state index contributed by atoms with van der Waals surface area (Å²) in [7, 11) is 0. The van der Waals surface area contributed by atoms with Gasteiger partial charge in [-0.1, -0.05) is 187 Å². The minimum atomic E-state index is -0.329. The van der Waals surface area contributed by atoms with Gasteiger partial charge in [0.15, 0.2) is 0 Å². The number of ether oxygens (including phenoxy) is 1. The first kappa shape index (κ1) is 45.5. The van der Waals surface area contributed by atoms with Crippen LogP contribution in [0.1, 0.15) is 75.6 Å². The van der Waals surface area contributed by atoms with E-state index in [0.717, 1.165) is 46.9 Å². The van der Waals surface area contributed by atoms with E-state index in [9.17, 15) is 4.79 Å². The molecule has 4 heterocycles. The van der Waals surface area contributed by atoms with E-state index in [2.05, 4.69) is 202 Å². The van der Waals surface area contributed by atoms with Gasteiger partial charge in [-0.3, -0.25) is 4.79 Å². The van der Waals surface area contributed by atoms with Crippen molar-refractivity contribution < 1.29 is 9.53 Å². The minimum Gasteiger partial charge on any atom is -0.425 e. The highest BCUT2D eigenvalue weighted by Gasteiger charge is 2.45. The predicted octanol–water partition coefficient (Wildman–Crippen LogP) is 17.6. The number of anilines is 1. The molecule has 0 spiro atoms. The number of nitrogens with zero attached hydrogens (tertiary/aromatic N) is 2. The average molecular weight is 955 g/mol. The fourth-order valence-corrected chi connectivity index (χ4v) is 12.9. The van der Waals surface area contributed by atoms with Crippen molar-refractivity contribution in [2.24, 2.45) is 0 Å². The molecule has 72 heavy (non-hydrogen) atoms. The first-order valence-electron chi connectivity index (χ1n) is 25.1. The van der Waals surface area contributed by atoms with Gasteiger partial charge in [0, 0.05) is 24.3 Å². The number of para-hydroxylation sites is 1. The van der Waals surface area contributed by atoms with Crippen LogP contribution in [0.4, 0.5) is 5.69 Å². The molecule has 354 valence electrons. The van der Waals surface area contributed by atoms with E-state index >= 15 is 0 Å². The molecule has 14 rings (SSSR count). The lowest BCUT2D eigenvalue weighted by atomic mass is 9.68.